The van der Waals surface area contributed by atoms with Crippen molar-refractivity contribution in [3.05, 3.63) is 35.4 Å². The van der Waals surface area contributed by atoms with E-state index < -0.39 is 5.97 Å². The van der Waals surface area contributed by atoms with Gasteiger partial charge in [-0.05, 0) is 37.4 Å². The van der Waals surface area contributed by atoms with Crippen LogP contribution in [0.4, 0.5) is 0 Å². The summed E-state index contributed by atoms with van der Waals surface area (Å²) >= 11 is 0. The van der Waals surface area contributed by atoms with E-state index in [2.05, 4.69) is 23.1 Å². The zero-order valence-electron chi connectivity index (χ0n) is 11.8. The maximum atomic E-state index is 11.2. The van der Waals surface area contributed by atoms with E-state index in [-0.39, 0.29) is 18.1 Å². The van der Waals surface area contributed by atoms with E-state index in [9.17, 15) is 9.90 Å². The van der Waals surface area contributed by atoms with Gasteiger partial charge in [-0.15, -0.1) is 0 Å². The Kier molecular flexibility index (Phi) is 3.76. The van der Waals surface area contributed by atoms with Gasteiger partial charge in [0.05, 0.1) is 18.6 Å². The van der Waals surface area contributed by atoms with Crippen LogP contribution in [0.25, 0.3) is 0 Å². The summed E-state index contributed by atoms with van der Waals surface area (Å²) in [7, 11) is 0. The number of hydrogen-bond acceptors (Lipinski definition) is 3. The Labute approximate surface area is 119 Å². The Balaban J connectivity index is 1.72. The fraction of sp³-hybridized carbons (Fsp3) is 0.562. The maximum Gasteiger partial charge on any atom is 0.308 e. The number of fused-ring (bicyclic) bond motifs is 1. The van der Waals surface area contributed by atoms with Crippen LogP contribution in [0.5, 0.6) is 0 Å². The third-order valence-electron chi connectivity index (χ3n) is 4.70. The fourth-order valence-corrected chi connectivity index (χ4v) is 3.43. The summed E-state index contributed by atoms with van der Waals surface area (Å²) in [5, 5.41) is 9.21. The molecule has 2 aliphatic heterocycles. The van der Waals surface area contributed by atoms with Crippen LogP contribution in [0.1, 0.15) is 30.6 Å². The van der Waals surface area contributed by atoms with Crippen LogP contribution in [0.15, 0.2) is 24.3 Å². The summed E-state index contributed by atoms with van der Waals surface area (Å²) < 4.78 is 5.92. The van der Waals surface area contributed by atoms with Gasteiger partial charge in [0, 0.05) is 12.6 Å². The predicted molar refractivity (Wildman–Crippen MR) is 75.6 cm³/mol. The number of ether oxygens (including phenoxy) is 1. The third-order valence-corrected chi connectivity index (χ3v) is 4.70. The molecule has 1 saturated heterocycles. The number of aliphatic carboxylic acids is 1. The zero-order valence-corrected chi connectivity index (χ0v) is 11.8. The van der Waals surface area contributed by atoms with Crippen molar-refractivity contribution in [3.8, 4) is 0 Å². The number of hydrogen-bond donors (Lipinski definition) is 1. The lowest BCUT2D eigenvalue weighted by molar-refractivity contribution is -0.142. The van der Waals surface area contributed by atoms with Gasteiger partial charge in [-0.2, -0.15) is 0 Å². The maximum absolute atomic E-state index is 11.2. The van der Waals surface area contributed by atoms with Gasteiger partial charge in [-0.25, -0.2) is 0 Å². The fourth-order valence-electron chi connectivity index (χ4n) is 3.43. The number of benzene rings is 1. The standard InChI is InChI=1S/C16H21NO3/c1-11-13(16(18)19)6-8-17(11)10-15-14-5-3-2-4-12(14)7-9-20-15/h2-5,11,13,15H,6-10H2,1H3,(H,18,19). The molecular weight excluding hydrogens is 254 g/mol. The van der Waals surface area contributed by atoms with E-state index in [1.165, 1.54) is 11.1 Å². The molecule has 1 fully saturated rings. The SMILES string of the molecule is CC1C(C(=O)O)CCN1CC1OCCc2ccccc21. The van der Waals surface area contributed by atoms with Gasteiger partial charge in [0.1, 0.15) is 0 Å². The van der Waals surface area contributed by atoms with E-state index >= 15 is 0 Å². The van der Waals surface area contributed by atoms with Crippen LogP contribution < -0.4 is 0 Å². The molecular formula is C16H21NO3. The molecule has 4 heteroatoms. The summed E-state index contributed by atoms with van der Waals surface area (Å²) in [4.78, 5) is 13.4. The second-order valence-corrected chi connectivity index (χ2v) is 5.78. The van der Waals surface area contributed by atoms with Crippen LogP contribution >= 0.6 is 0 Å². The Morgan fingerprint density at radius 3 is 3.00 bits per heavy atom. The molecule has 0 aromatic heterocycles. The number of carbonyl (C=O) groups is 1. The highest BCUT2D eigenvalue weighted by atomic mass is 16.5. The lowest BCUT2D eigenvalue weighted by atomic mass is 9.97. The molecule has 20 heavy (non-hydrogen) atoms. The Morgan fingerprint density at radius 2 is 2.25 bits per heavy atom. The van der Waals surface area contributed by atoms with Crippen molar-refractivity contribution < 1.29 is 14.6 Å². The smallest absolute Gasteiger partial charge is 0.308 e. The van der Waals surface area contributed by atoms with Gasteiger partial charge in [0.15, 0.2) is 0 Å². The number of likely N-dealkylation sites (tertiary alicyclic amines) is 1. The molecule has 3 atom stereocenters. The van der Waals surface area contributed by atoms with Gasteiger partial charge in [-0.1, -0.05) is 24.3 Å². The number of carboxylic acid groups (broad SMARTS) is 1. The summed E-state index contributed by atoms with van der Waals surface area (Å²) in [6, 6.07) is 8.51. The topological polar surface area (TPSA) is 49.8 Å². The van der Waals surface area contributed by atoms with Crippen molar-refractivity contribution >= 4 is 5.97 Å². The molecule has 0 amide bonds. The molecule has 3 unspecified atom stereocenters. The van der Waals surface area contributed by atoms with Gasteiger partial charge in [-0.3, -0.25) is 9.69 Å². The minimum atomic E-state index is -0.676. The monoisotopic (exact) mass is 275 g/mol. The van der Waals surface area contributed by atoms with Crippen molar-refractivity contribution in [1.82, 2.24) is 4.90 Å². The molecule has 0 aliphatic carbocycles. The Morgan fingerprint density at radius 1 is 1.45 bits per heavy atom. The highest BCUT2D eigenvalue weighted by Gasteiger charge is 2.37. The van der Waals surface area contributed by atoms with Gasteiger partial charge in [0.2, 0.25) is 0 Å². The van der Waals surface area contributed by atoms with Crippen LogP contribution in [0.3, 0.4) is 0 Å². The van der Waals surface area contributed by atoms with E-state index in [0.29, 0.717) is 0 Å². The molecule has 2 aliphatic rings. The zero-order chi connectivity index (χ0) is 14.1. The molecule has 2 heterocycles. The van der Waals surface area contributed by atoms with Crippen LogP contribution in [0, 0.1) is 5.92 Å². The first-order valence-corrected chi connectivity index (χ1v) is 7.33. The Hall–Kier alpha value is -1.39. The lowest BCUT2D eigenvalue weighted by Gasteiger charge is -2.32. The predicted octanol–water partition coefficient (Wildman–Crippen LogP) is 2.10. The highest BCUT2D eigenvalue weighted by Crippen LogP contribution is 2.31. The third kappa shape index (κ3) is 2.45. The summed E-state index contributed by atoms with van der Waals surface area (Å²) in [5.41, 5.74) is 2.63. The lowest BCUT2D eigenvalue weighted by Crippen LogP contribution is -2.37. The minimum Gasteiger partial charge on any atom is -0.481 e. The second kappa shape index (κ2) is 5.54. The number of carboxylic acids is 1. The van der Waals surface area contributed by atoms with Gasteiger partial charge >= 0.3 is 5.97 Å². The molecule has 0 bridgehead atoms. The second-order valence-electron chi connectivity index (χ2n) is 5.78. The largest absolute Gasteiger partial charge is 0.481 e. The first-order valence-electron chi connectivity index (χ1n) is 7.33. The summed E-state index contributed by atoms with van der Waals surface area (Å²) in [5.74, 6) is -0.918. The highest BCUT2D eigenvalue weighted by molar-refractivity contribution is 5.71. The van der Waals surface area contributed by atoms with E-state index in [1.807, 2.05) is 13.0 Å². The molecule has 1 aromatic rings. The molecule has 4 nitrogen and oxygen atoms in total. The number of rotatable bonds is 3. The van der Waals surface area contributed by atoms with E-state index in [1.54, 1.807) is 0 Å². The molecule has 1 N–H and O–H groups in total. The van der Waals surface area contributed by atoms with Crippen LogP contribution in [-0.2, 0) is 16.0 Å². The summed E-state index contributed by atoms with van der Waals surface area (Å²) in [6.45, 7) is 4.41. The van der Waals surface area contributed by atoms with Crippen molar-refractivity contribution in [2.24, 2.45) is 5.92 Å². The average molecular weight is 275 g/mol. The minimum absolute atomic E-state index is 0.0787. The first kappa shape index (κ1) is 13.6. The average Bonchev–Trinajstić information content (AvgIpc) is 2.81. The Bertz CT molecular complexity index is 502. The van der Waals surface area contributed by atoms with E-state index in [0.717, 1.165) is 32.5 Å². The van der Waals surface area contributed by atoms with E-state index in [4.69, 9.17) is 4.74 Å². The summed E-state index contributed by atoms with van der Waals surface area (Å²) in [6.07, 6.45) is 1.79. The molecule has 0 saturated carbocycles. The van der Waals surface area contributed by atoms with Crippen molar-refractivity contribution in [2.75, 3.05) is 19.7 Å². The van der Waals surface area contributed by atoms with Crippen LogP contribution in [-0.4, -0.2) is 41.7 Å². The quantitative estimate of drug-likeness (QED) is 0.917. The molecule has 1 aromatic carbocycles. The molecule has 108 valence electrons. The van der Waals surface area contributed by atoms with Crippen LogP contribution in [0.2, 0.25) is 0 Å². The normalized spacial score (nSPS) is 30.1. The first-order chi connectivity index (χ1) is 9.66. The molecule has 0 spiro atoms. The number of nitrogens with zero attached hydrogens (tertiary/aromatic N) is 1. The van der Waals surface area contributed by atoms with Crippen molar-refractivity contribution in [1.29, 1.82) is 0 Å². The molecule has 3 rings (SSSR count). The molecule has 0 radical (unpaired) electrons. The van der Waals surface area contributed by atoms with Crippen molar-refractivity contribution in [3.63, 3.8) is 0 Å². The van der Waals surface area contributed by atoms with Gasteiger partial charge in [0.25, 0.3) is 0 Å². The van der Waals surface area contributed by atoms with Gasteiger partial charge < -0.3 is 9.84 Å². The van der Waals surface area contributed by atoms with Crippen molar-refractivity contribution in [2.45, 2.75) is 31.9 Å².